The van der Waals surface area contributed by atoms with Gasteiger partial charge in [0.05, 0.1) is 37.0 Å². The van der Waals surface area contributed by atoms with Crippen LogP contribution in [0, 0.1) is 23.0 Å². The molecule has 1 saturated heterocycles. The summed E-state index contributed by atoms with van der Waals surface area (Å²) in [6.07, 6.45) is -0.483. The molecule has 0 radical (unpaired) electrons. The first-order chi connectivity index (χ1) is 12.1. The highest BCUT2D eigenvalue weighted by Crippen LogP contribution is 2.31. The molecule has 1 fully saturated rings. The van der Waals surface area contributed by atoms with Gasteiger partial charge in [0.25, 0.3) is 0 Å². The number of aliphatic hydroxyl groups is 1. The van der Waals surface area contributed by atoms with Crippen LogP contribution in [0.3, 0.4) is 0 Å². The number of morpholine rings is 1. The standard InChI is InChI=1S/C19H18F2N2O2/c20-16-8-13(11-22)9-17(21)19(16)23-6-7-25-12-15(23)10-18(24)14-4-2-1-3-5-14/h1-5,8-9,15,18,24H,6-7,10,12H2/t15-,18+/m1/s1. The summed E-state index contributed by atoms with van der Waals surface area (Å²) in [6.45, 7) is 0.922. The van der Waals surface area contributed by atoms with Crippen molar-refractivity contribution in [1.82, 2.24) is 0 Å². The molecule has 1 N–H and O–H groups in total. The number of rotatable bonds is 4. The summed E-state index contributed by atoms with van der Waals surface area (Å²) in [5.74, 6) is -1.56. The summed E-state index contributed by atoms with van der Waals surface area (Å²) in [5, 5.41) is 19.3. The third kappa shape index (κ3) is 3.78. The average molecular weight is 344 g/mol. The number of halogens is 2. The minimum Gasteiger partial charge on any atom is -0.388 e. The molecule has 2 atom stereocenters. The molecule has 4 nitrogen and oxygen atoms in total. The normalized spacial score (nSPS) is 18.6. The van der Waals surface area contributed by atoms with E-state index in [9.17, 15) is 13.9 Å². The minimum absolute atomic E-state index is 0.0621. The molecule has 1 heterocycles. The van der Waals surface area contributed by atoms with Crippen molar-refractivity contribution in [2.75, 3.05) is 24.7 Å². The van der Waals surface area contributed by atoms with Gasteiger partial charge in [-0.15, -0.1) is 0 Å². The smallest absolute Gasteiger partial charge is 0.150 e. The summed E-state index contributed by atoms with van der Waals surface area (Å²) in [5.41, 5.74) is 0.509. The van der Waals surface area contributed by atoms with E-state index in [1.165, 1.54) is 0 Å². The van der Waals surface area contributed by atoms with Gasteiger partial charge in [0, 0.05) is 13.0 Å². The fraction of sp³-hybridized carbons (Fsp3) is 0.316. The van der Waals surface area contributed by atoms with Crippen molar-refractivity contribution in [3.8, 4) is 6.07 Å². The highest BCUT2D eigenvalue weighted by Gasteiger charge is 2.30. The summed E-state index contributed by atoms with van der Waals surface area (Å²) < 4.78 is 34.2. The van der Waals surface area contributed by atoms with Gasteiger partial charge in [-0.1, -0.05) is 30.3 Å². The number of aliphatic hydroxyl groups excluding tert-OH is 1. The van der Waals surface area contributed by atoms with E-state index in [2.05, 4.69) is 0 Å². The molecular weight excluding hydrogens is 326 g/mol. The molecule has 0 spiro atoms. The third-order valence-electron chi connectivity index (χ3n) is 4.34. The molecule has 130 valence electrons. The summed E-state index contributed by atoms with van der Waals surface area (Å²) in [7, 11) is 0. The first-order valence-corrected chi connectivity index (χ1v) is 8.06. The van der Waals surface area contributed by atoms with E-state index in [1.807, 2.05) is 30.3 Å². The molecule has 0 saturated carbocycles. The quantitative estimate of drug-likeness (QED) is 0.926. The van der Waals surface area contributed by atoms with Crippen LogP contribution >= 0.6 is 0 Å². The Kier molecular flexibility index (Phi) is 5.27. The van der Waals surface area contributed by atoms with Gasteiger partial charge < -0.3 is 14.7 Å². The van der Waals surface area contributed by atoms with Crippen LogP contribution in [0.5, 0.6) is 0 Å². The first kappa shape index (κ1) is 17.3. The van der Waals surface area contributed by atoms with Crippen molar-refractivity contribution in [1.29, 1.82) is 5.26 Å². The maximum atomic E-state index is 14.4. The predicted molar refractivity (Wildman–Crippen MR) is 89.0 cm³/mol. The Morgan fingerprint density at radius 2 is 1.92 bits per heavy atom. The van der Waals surface area contributed by atoms with E-state index in [-0.39, 0.29) is 30.3 Å². The fourth-order valence-corrected chi connectivity index (χ4v) is 3.12. The maximum Gasteiger partial charge on any atom is 0.150 e. The van der Waals surface area contributed by atoms with Crippen molar-refractivity contribution in [3.63, 3.8) is 0 Å². The molecule has 0 aliphatic carbocycles. The fourth-order valence-electron chi connectivity index (χ4n) is 3.12. The molecule has 6 heteroatoms. The molecule has 25 heavy (non-hydrogen) atoms. The monoisotopic (exact) mass is 344 g/mol. The summed E-state index contributed by atoms with van der Waals surface area (Å²) in [4.78, 5) is 1.58. The van der Waals surface area contributed by atoms with E-state index < -0.39 is 17.7 Å². The van der Waals surface area contributed by atoms with Crippen molar-refractivity contribution in [3.05, 3.63) is 65.2 Å². The van der Waals surface area contributed by atoms with Gasteiger partial charge in [0.1, 0.15) is 5.69 Å². The lowest BCUT2D eigenvalue weighted by atomic mass is 10.00. The van der Waals surface area contributed by atoms with Crippen LogP contribution in [0.15, 0.2) is 42.5 Å². The predicted octanol–water partition coefficient (Wildman–Crippen LogP) is 3.17. The van der Waals surface area contributed by atoms with Crippen LogP contribution in [0.1, 0.15) is 23.7 Å². The first-order valence-electron chi connectivity index (χ1n) is 8.06. The zero-order chi connectivity index (χ0) is 17.8. The number of nitriles is 1. The Bertz CT molecular complexity index is 754. The minimum atomic E-state index is -0.780. The molecule has 2 aromatic rings. The Morgan fingerprint density at radius 3 is 2.56 bits per heavy atom. The van der Waals surface area contributed by atoms with Crippen molar-refractivity contribution in [2.45, 2.75) is 18.6 Å². The van der Waals surface area contributed by atoms with Gasteiger partial charge in [0.2, 0.25) is 0 Å². The lowest BCUT2D eigenvalue weighted by molar-refractivity contribution is 0.0673. The second kappa shape index (κ2) is 7.60. The van der Waals surface area contributed by atoms with Gasteiger partial charge in [-0.3, -0.25) is 0 Å². The number of benzene rings is 2. The largest absolute Gasteiger partial charge is 0.388 e. The van der Waals surface area contributed by atoms with E-state index in [4.69, 9.17) is 10.00 Å². The Hall–Kier alpha value is -2.49. The Labute approximate surface area is 144 Å². The zero-order valence-corrected chi connectivity index (χ0v) is 13.5. The molecule has 0 aromatic heterocycles. The van der Waals surface area contributed by atoms with Crippen molar-refractivity contribution < 1.29 is 18.6 Å². The van der Waals surface area contributed by atoms with E-state index in [1.54, 1.807) is 11.0 Å². The van der Waals surface area contributed by atoms with E-state index >= 15 is 0 Å². The van der Waals surface area contributed by atoms with E-state index in [0.717, 1.165) is 17.7 Å². The molecule has 1 aliphatic rings. The van der Waals surface area contributed by atoms with Gasteiger partial charge in [-0.05, 0) is 17.7 Å². The molecular formula is C19H18F2N2O2. The van der Waals surface area contributed by atoms with Crippen molar-refractivity contribution >= 4 is 5.69 Å². The van der Waals surface area contributed by atoms with E-state index in [0.29, 0.717) is 13.2 Å². The number of hydrogen-bond donors (Lipinski definition) is 1. The topological polar surface area (TPSA) is 56.5 Å². The molecule has 2 aromatic carbocycles. The maximum absolute atomic E-state index is 14.4. The van der Waals surface area contributed by atoms with Gasteiger partial charge in [0.15, 0.2) is 11.6 Å². The molecule has 0 bridgehead atoms. The molecule has 0 unspecified atom stereocenters. The average Bonchev–Trinajstić information content (AvgIpc) is 2.63. The summed E-state index contributed by atoms with van der Waals surface area (Å²) >= 11 is 0. The zero-order valence-electron chi connectivity index (χ0n) is 13.5. The second-order valence-electron chi connectivity index (χ2n) is 5.98. The Balaban J connectivity index is 1.86. The van der Waals surface area contributed by atoms with Crippen LogP contribution in [0.4, 0.5) is 14.5 Å². The SMILES string of the molecule is N#Cc1cc(F)c(N2CCOC[C@H]2C[C@H](O)c2ccccc2)c(F)c1. The van der Waals surface area contributed by atoms with Crippen LogP contribution in [-0.2, 0) is 4.74 Å². The van der Waals surface area contributed by atoms with Crippen LogP contribution < -0.4 is 4.90 Å². The second-order valence-corrected chi connectivity index (χ2v) is 5.98. The number of nitrogens with zero attached hydrogens (tertiary/aromatic N) is 2. The van der Waals surface area contributed by atoms with Gasteiger partial charge in [-0.2, -0.15) is 5.26 Å². The highest BCUT2D eigenvalue weighted by atomic mass is 19.1. The highest BCUT2D eigenvalue weighted by molar-refractivity contribution is 5.53. The molecule has 3 rings (SSSR count). The third-order valence-corrected chi connectivity index (χ3v) is 4.34. The van der Waals surface area contributed by atoms with Gasteiger partial charge >= 0.3 is 0 Å². The number of anilines is 1. The lowest BCUT2D eigenvalue weighted by Crippen LogP contribution is -2.47. The van der Waals surface area contributed by atoms with Crippen LogP contribution in [-0.4, -0.2) is 30.9 Å². The number of hydrogen-bond acceptors (Lipinski definition) is 4. The van der Waals surface area contributed by atoms with Crippen LogP contribution in [0.25, 0.3) is 0 Å². The van der Waals surface area contributed by atoms with Crippen LogP contribution in [0.2, 0.25) is 0 Å². The molecule has 0 amide bonds. The summed E-state index contributed by atoms with van der Waals surface area (Å²) in [6, 6.07) is 12.5. The Morgan fingerprint density at radius 1 is 1.24 bits per heavy atom. The van der Waals surface area contributed by atoms with Gasteiger partial charge in [-0.25, -0.2) is 8.78 Å². The molecule has 1 aliphatic heterocycles. The number of ether oxygens (including phenoxy) is 1. The van der Waals surface area contributed by atoms with Crippen molar-refractivity contribution in [2.24, 2.45) is 0 Å². The lowest BCUT2D eigenvalue weighted by Gasteiger charge is -2.38.